The van der Waals surface area contributed by atoms with E-state index < -0.39 is 33.8 Å². The van der Waals surface area contributed by atoms with E-state index in [0.717, 1.165) is 0 Å². The molecule has 1 aliphatic rings. The first-order valence-corrected chi connectivity index (χ1v) is 9.91. The molecule has 1 aromatic rings. The minimum atomic E-state index is -3.21. The molecule has 1 fully saturated rings. The van der Waals surface area contributed by atoms with Gasteiger partial charge in [-0.05, 0) is 37.6 Å². The summed E-state index contributed by atoms with van der Waals surface area (Å²) in [4.78, 5) is 25.7. The summed E-state index contributed by atoms with van der Waals surface area (Å²) >= 11 is 5.79. The molecule has 0 aliphatic carbocycles. The molecule has 0 spiro atoms. The molecule has 0 saturated carbocycles. The van der Waals surface area contributed by atoms with Crippen LogP contribution in [0.25, 0.3) is 0 Å². The Bertz CT molecular complexity index is 733. The third kappa shape index (κ3) is 5.09. The molecule has 9 heteroatoms. The van der Waals surface area contributed by atoms with Gasteiger partial charge >= 0.3 is 5.97 Å². The SMILES string of the molecule is COC(=O)[C@H](C)N(C(=O)COc1ccc(Cl)cc1)[C@@H]1CCS(=O)(=O)C1. The van der Waals surface area contributed by atoms with Gasteiger partial charge < -0.3 is 14.4 Å². The first-order chi connectivity index (χ1) is 11.7. The summed E-state index contributed by atoms with van der Waals surface area (Å²) in [6, 6.07) is 5.01. The van der Waals surface area contributed by atoms with Crippen LogP contribution in [0.4, 0.5) is 0 Å². The molecule has 1 aliphatic heterocycles. The molecule has 0 aromatic heterocycles. The van der Waals surface area contributed by atoms with Gasteiger partial charge in [0.15, 0.2) is 16.4 Å². The van der Waals surface area contributed by atoms with E-state index in [9.17, 15) is 18.0 Å². The zero-order valence-electron chi connectivity index (χ0n) is 14.0. The molecular formula is C16H20ClNO6S. The van der Waals surface area contributed by atoms with Crippen LogP contribution in [-0.2, 0) is 24.2 Å². The van der Waals surface area contributed by atoms with Crippen molar-refractivity contribution >= 4 is 33.3 Å². The van der Waals surface area contributed by atoms with E-state index in [0.29, 0.717) is 10.8 Å². The molecule has 1 aromatic carbocycles. The number of hydrogen-bond donors (Lipinski definition) is 0. The second kappa shape index (κ2) is 8.05. The Balaban J connectivity index is 2.12. The summed E-state index contributed by atoms with van der Waals surface area (Å²) in [6.07, 6.45) is 0.288. The van der Waals surface area contributed by atoms with Gasteiger partial charge in [0.2, 0.25) is 0 Å². The van der Waals surface area contributed by atoms with Crippen LogP contribution in [0.3, 0.4) is 0 Å². The van der Waals surface area contributed by atoms with Crippen LogP contribution < -0.4 is 4.74 Å². The quantitative estimate of drug-likeness (QED) is 0.681. The highest BCUT2D eigenvalue weighted by Gasteiger charge is 2.39. The minimum Gasteiger partial charge on any atom is -0.484 e. The summed E-state index contributed by atoms with van der Waals surface area (Å²) in [7, 11) is -1.99. The fourth-order valence-corrected chi connectivity index (χ4v) is 4.60. The standard InChI is InChI=1S/C16H20ClNO6S/c1-11(16(20)23-2)18(13-7-8-25(21,22)10-13)15(19)9-24-14-5-3-12(17)4-6-14/h3-6,11,13H,7-10H2,1-2H3/t11-,13+/m0/s1. The van der Waals surface area contributed by atoms with Crippen LogP contribution in [0, 0.1) is 0 Å². The molecule has 2 atom stereocenters. The first-order valence-electron chi connectivity index (χ1n) is 7.71. The topological polar surface area (TPSA) is 90.0 Å². The Labute approximate surface area is 151 Å². The molecule has 0 bridgehead atoms. The van der Waals surface area contributed by atoms with Crippen molar-refractivity contribution < 1.29 is 27.5 Å². The summed E-state index contributed by atoms with van der Waals surface area (Å²) in [5.74, 6) is -0.810. The Morgan fingerprint density at radius 3 is 2.48 bits per heavy atom. The summed E-state index contributed by atoms with van der Waals surface area (Å²) in [5, 5.41) is 0.538. The van der Waals surface area contributed by atoms with E-state index in [-0.39, 0.29) is 24.5 Å². The molecule has 2 rings (SSSR count). The van der Waals surface area contributed by atoms with Gasteiger partial charge in [-0.15, -0.1) is 0 Å². The first kappa shape index (κ1) is 19.5. The third-order valence-electron chi connectivity index (χ3n) is 4.03. The molecule has 7 nitrogen and oxygen atoms in total. The predicted octanol–water partition coefficient (Wildman–Crippen LogP) is 1.30. The second-order valence-corrected chi connectivity index (χ2v) is 8.46. The van der Waals surface area contributed by atoms with Gasteiger partial charge in [0.1, 0.15) is 11.8 Å². The number of rotatable bonds is 6. The average Bonchev–Trinajstić information content (AvgIpc) is 2.93. The molecule has 1 amide bonds. The van der Waals surface area contributed by atoms with Gasteiger partial charge in [-0.2, -0.15) is 0 Å². The molecule has 0 radical (unpaired) electrons. The minimum absolute atomic E-state index is 0.00657. The summed E-state index contributed by atoms with van der Waals surface area (Å²) in [6.45, 7) is 1.19. The molecule has 25 heavy (non-hydrogen) atoms. The van der Waals surface area contributed by atoms with E-state index in [1.54, 1.807) is 24.3 Å². The fourth-order valence-electron chi connectivity index (χ4n) is 2.77. The molecule has 1 saturated heterocycles. The summed E-state index contributed by atoms with van der Waals surface area (Å²) < 4.78 is 33.6. The third-order valence-corrected chi connectivity index (χ3v) is 6.03. The number of hydrogen-bond acceptors (Lipinski definition) is 6. The van der Waals surface area contributed by atoms with Crippen molar-refractivity contribution in [3.05, 3.63) is 29.3 Å². The molecule has 138 valence electrons. The van der Waals surface area contributed by atoms with E-state index >= 15 is 0 Å². The highest BCUT2D eigenvalue weighted by Crippen LogP contribution is 2.22. The Hall–Kier alpha value is -1.80. The van der Waals surface area contributed by atoms with Crippen molar-refractivity contribution in [2.45, 2.75) is 25.4 Å². The average molecular weight is 390 g/mol. The van der Waals surface area contributed by atoms with Gasteiger partial charge in [0, 0.05) is 11.1 Å². The van der Waals surface area contributed by atoms with Crippen molar-refractivity contribution in [3.8, 4) is 5.75 Å². The van der Waals surface area contributed by atoms with Crippen LogP contribution in [0.2, 0.25) is 5.02 Å². The lowest BCUT2D eigenvalue weighted by atomic mass is 10.1. The van der Waals surface area contributed by atoms with E-state index in [2.05, 4.69) is 0 Å². The van der Waals surface area contributed by atoms with Gasteiger partial charge in [-0.3, -0.25) is 4.79 Å². The Kier molecular flexibility index (Phi) is 6.29. The predicted molar refractivity (Wildman–Crippen MR) is 92.3 cm³/mol. The van der Waals surface area contributed by atoms with Gasteiger partial charge in [0.25, 0.3) is 5.91 Å². The van der Waals surface area contributed by atoms with Gasteiger partial charge in [-0.25, -0.2) is 13.2 Å². The van der Waals surface area contributed by atoms with E-state index in [1.165, 1.54) is 18.9 Å². The Morgan fingerprint density at radius 1 is 1.32 bits per heavy atom. The highest BCUT2D eigenvalue weighted by molar-refractivity contribution is 7.91. The lowest BCUT2D eigenvalue weighted by Crippen LogP contribution is -2.51. The van der Waals surface area contributed by atoms with Crippen molar-refractivity contribution in [3.63, 3.8) is 0 Å². The van der Waals surface area contributed by atoms with Gasteiger partial charge in [-0.1, -0.05) is 11.6 Å². The number of carbonyl (C=O) groups is 2. The number of amides is 1. The van der Waals surface area contributed by atoms with E-state index in [1.807, 2.05) is 0 Å². The maximum Gasteiger partial charge on any atom is 0.328 e. The lowest BCUT2D eigenvalue weighted by Gasteiger charge is -2.32. The smallest absolute Gasteiger partial charge is 0.328 e. The molecule has 1 heterocycles. The number of esters is 1. The molecule has 0 unspecified atom stereocenters. The molecule has 0 N–H and O–H groups in total. The number of nitrogens with zero attached hydrogens (tertiary/aromatic N) is 1. The monoisotopic (exact) mass is 389 g/mol. The number of methoxy groups -OCH3 is 1. The molecular weight excluding hydrogens is 370 g/mol. The van der Waals surface area contributed by atoms with Crippen molar-refractivity contribution in [1.82, 2.24) is 4.90 Å². The fraction of sp³-hybridized carbons (Fsp3) is 0.500. The Morgan fingerprint density at radius 2 is 1.96 bits per heavy atom. The lowest BCUT2D eigenvalue weighted by molar-refractivity contribution is -0.154. The van der Waals surface area contributed by atoms with Crippen molar-refractivity contribution in [2.75, 3.05) is 25.2 Å². The van der Waals surface area contributed by atoms with Crippen molar-refractivity contribution in [1.29, 1.82) is 0 Å². The zero-order chi connectivity index (χ0) is 18.6. The second-order valence-electron chi connectivity index (χ2n) is 5.80. The largest absolute Gasteiger partial charge is 0.484 e. The van der Waals surface area contributed by atoms with Crippen LogP contribution in [0.1, 0.15) is 13.3 Å². The van der Waals surface area contributed by atoms with Crippen LogP contribution in [-0.4, -0.2) is 62.5 Å². The zero-order valence-corrected chi connectivity index (χ0v) is 15.5. The maximum atomic E-state index is 12.6. The number of sulfone groups is 1. The van der Waals surface area contributed by atoms with E-state index in [4.69, 9.17) is 21.1 Å². The van der Waals surface area contributed by atoms with Gasteiger partial charge in [0.05, 0.1) is 18.6 Å². The van der Waals surface area contributed by atoms with Crippen molar-refractivity contribution in [2.24, 2.45) is 0 Å². The normalized spacial score (nSPS) is 19.9. The van der Waals surface area contributed by atoms with Crippen LogP contribution in [0.5, 0.6) is 5.75 Å². The van der Waals surface area contributed by atoms with Crippen LogP contribution in [0.15, 0.2) is 24.3 Å². The number of benzene rings is 1. The number of ether oxygens (including phenoxy) is 2. The summed E-state index contributed by atoms with van der Waals surface area (Å²) in [5.41, 5.74) is 0. The highest BCUT2D eigenvalue weighted by atomic mass is 35.5. The number of halogens is 1. The maximum absolute atomic E-state index is 12.6. The number of carbonyl (C=O) groups excluding carboxylic acids is 2. The van der Waals surface area contributed by atoms with Crippen LogP contribution >= 0.6 is 11.6 Å².